The summed E-state index contributed by atoms with van der Waals surface area (Å²) in [4.78, 5) is 14.2. The molecule has 1 heterocycles. The predicted octanol–water partition coefficient (Wildman–Crippen LogP) is 2.74. The number of fused-ring (bicyclic) bond motifs is 1. The fraction of sp³-hybridized carbons (Fsp3) is 0.471. The van der Waals surface area contributed by atoms with Crippen LogP contribution in [0.2, 0.25) is 5.02 Å². The van der Waals surface area contributed by atoms with Crippen LogP contribution in [0.5, 0.6) is 5.75 Å². The third-order valence-corrected chi connectivity index (χ3v) is 4.67. The molecule has 4 nitrogen and oxygen atoms in total. The van der Waals surface area contributed by atoms with Gasteiger partial charge in [0.15, 0.2) is 0 Å². The lowest BCUT2D eigenvalue weighted by molar-refractivity contribution is -0.127. The summed E-state index contributed by atoms with van der Waals surface area (Å²) < 4.78 is 5.63. The van der Waals surface area contributed by atoms with Gasteiger partial charge >= 0.3 is 0 Å². The molecule has 0 saturated heterocycles. The van der Waals surface area contributed by atoms with E-state index in [1.165, 1.54) is 0 Å². The van der Waals surface area contributed by atoms with Gasteiger partial charge in [0.05, 0.1) is 11.7 Å². The zero-order valence-corrected chi connectivity index (χ0v) is 13.3. The van der Waals surface area contributed by atoms with Crippen LogP contribution in [-0.2, 0) is 4.79 Å². The number of likely N-dealkylation sites (N-methyl/N-ethyl adjacent to an activating group) is 1. The summed E-state index contributed by atoms with van der Waals surface area (Å²) >= 11 is 5.99. The highest BCUT2D eigenvalue weighted by molar-refractivity contribution is 6.30. The van der Waals surface area contributed by atoms with Crippen molar-refractivity contribution >= 4 is 23.6 Å². The van der Waals surface area contributed by atoms with Gasteiger partial charge in [-0.15, -0.1) is 0 Å². The molecule has 1 N–H and O–H groups in total. The third kappa shape index (κ3) is 3.13. The molecule has 1 aromatic carbocycles. The molecule has 0 spiro atoms. The summed E-state index contributed by atoms with van der Waals surface area (Å²) in [5.74, 6) is 0.875. The topological polar surface area (TPSA) is 49.8 Å². The van der Waals surface area contributed by atoms with Crippen LogP contribution in [0.25, 0.3) is 6.08 Å². The lowest BCUT2D eigenvalue weighted by atomic mass is 10.0. The fourth-order valence-electron chi connectivity index (χ4n) is 3.18. The average Bonchev–Trinajstić information content (AvgIpc) is 2.90. The number of halogens is 1. The van der Waals surface area contributed by atoms with Crippen LogP contribution in [0.3, 0.4) is 0 Å². The van der Waals surface area contributed by atoms with Crippen LogP contribution in [0.15, 0.2) is 23.8 Å². The molecule has 1 amide bonds. The second-order valence-electron chi connectivity index (χ2n) is 6.08. The molecule has 0 aromatic heterocycles. The SMILES string of the molecule is CN(CC1CCCC1O)C(=O)C1=Cc2cc(Cl)ccc2OC1. The molecule has 5 heteroatoms. The van der Waals surface area contributed by atoms with Gasteiger partial charge in [0.25, 0.3) is 5.91 Å². The van der Waals surface area contributed by atoms with Crippen LogP contribution >= 0.6 is 11.6 Å². The van der Waals surface area contributed by atoms with Crippen molar-refractivity contribution in [2.24, 2.45) is 5.92 Å². The Hall–Kier alpha value is -1.52. The van der Waals surface area contributed by atoms with Gasteiger partial charge in [0, 0.05) is 30.1 Å². The number of amides is 1. The summed E-state index contributed by atoms with van der Waals surface area (Å²) in [5, 5.41) is 10.5. The number of rotatable bonds is 3. The van der Waals surface area contributed by atoms with Crippen molar-refractivity contribution in [3.8, 4) is 5.75 Å². The molecule has 1 aromatic rings. The number of hydrogen-bond acceptors (Lipinski definition) is 3. The normalized spacial score (nSPS) is 23.5. The van der Waals surface area contributed by atoms with Crippen molar-refractivity contribution < 1.29 is 14.6 Å². The van der Waals surface area contributed by atoms with E-state index in [1.807, 2.05) is 12.1 Å². The number of aliphatic hydroxyl groups is 1. The van der Waals surface area contributed by atoms with Gasteiger partial charge in [-0.25, -0.2) is 0 Å². The van der Waals surface area contributed by atoms with Gasteiger partial charge < -0.3 is 14.7 Å². The maximum Gasteiger partial charge on any atom is 0.253 e. The van der Waals surface area contributed by atoms with Gasteiger partial charge in [0.2, 0.25) is 0 Å². The number of benzene rings is 1. The molecule has 3 rings (SSSR count). The number of carbonyl (C=O) groups excluding carboxylic acids is 1. The van der Waals surface area contributed by atoms with Crippen LogP contribution in [0.1, 0.15) is 24.8 Å². The highest BCUT2D eigenvalue weighted by atomic mass is 35.5. The quantitative estimate of drug-likeness (QED) is 0.931. The first-order valence-corrected chi connectivity index (χ1v) is 7.99. The Morgan fingerprint density at radius 2 is 2.27 bits per heavy atom. The molecule has 2 unspecified atom stereocenters. The first-order valence-electron chi connectivity index (χ1n) is 7.61. The van der Waals surface area contributed by atoms with Crippen molar-refractivity contribution in [1.82, 2.24) is 4.90 Å². The molecule has 22 heavy (non-hydrogen) atoms. The number of aliphatic hydroxyl groups excluding tert-OH is 1. The zero-order valence-electron chi connectivity index (χ0n) is 12.6. The largest absolute Gasteiger partial charge is 0.488 e. The van der Waals surface area contributed by atoms with Gasteiger partial charge in [-0.1, -0.05) is 18.0 Å². The fourth-order valence-corrected chi connectivity index (χ4v) is 3.36. The average molecular weight is 322 g/mol. The third-order valence-electron chi connectivity index (χ3n) is 4.43. The van der Waals surface area contributed by atoms with Crippen molar-refractivity contribution in [2.45, 2.75) is 25.4 Å². The Balaban J connectivity index is 1.72. The minimum atomic E-state index is -0.286. The molecule has 0 radical (unpaired) electrons. The van der Waals surface area contributed by atoms with Gasteiger partial charge in [-0.2, -0.15) is 0 Å². The molecule has 118 valence electrons. The molecule has 1 saturated carbocycles. The molecular formula is C17H20ClNO3. The summed E-state index contributed by atoms with van der Waals surface area (Å²) in [7, 11) is 1.78. The Morgan fingerprint density at radius 1 is 1.45 bits per heavy atom. The van der Waals surface area contributed by atoms with Crippen LogP contribution in [-0.4, -0.2) is 42.2 Å². The Kier molecular flexibility index (Phi) is 4.41. The van der Waals surface area contributed by atoms with E-state index >= 15 is 0 Å². The molecular weight excluding hydrogens is 302 g/mol. The number of nitrogens with zero attached hydrogens (tertiary/aromatic N) is 1. The lowest BCUT2D eigenvalue weighted by Gasteiger charge is -2.26. The van der Waals surface area contributed by atoms with E-state index in [4.69, 9.17) is 16.3 Å². The van der Waals surface area contributed by atoms with E-state index in [0.717, 1.165) is 30.6 Å². The predicted molar refractivity (Wildman–Crippen MR) is 85.9 cm³/mol. The second kappa shape index (κ2) is 6.31. The van der Waals surface area contributed by atoms with Crippen molar-refractivity contribution in [3.63, 3.8) is 0 Å². The molecule has 0 bridgehead atoms. The van der Waals surface area contributed by atoms with Gasteiger partial charge in [-0.05, 0) is 37.1 Å². The summed E-state index contributed by atoms with van der Waals surface area (Å²) in [6.45, 7) is 0.852. The van der Waals surface area contributed by atoms with E-state index in [2.05, 4.69) is 0 Å². The number of ether oxygens (including phenoxy) is 1. The van der Waals surface area contributed by atoms with Crippen LogP contribution in [0, 0.1) is 5.92 Å². The Morgan fingerprint density at radius 3 is 3.00 bits per heavy atom. The van der Waals surface area contributed by atoms with Crippen molar-refractivity contribution in [2.75, 3.05) is 20.2 Å². The lowest BCUT2D eigenvalue weighted by Crippen LogP contribution is -2.36. The van der Waals surface area contributed by atoms with E-state index < -0.39 is 0 Å². The van der Waals surface area contributed by atoms with E-state index in [0.29, 0.717) is 17.1 Å². The zero-order chi connectivity index (χ0) is 15.7. The minimum absolute atomic E-state index is 0.0512. The summed E-state index contributed by atoms with van der Waals surface area (Å²) in [6.07, 6.45) is 4.41. The van der Waals surface area contributed by atoms with E-state index in [9.17, 15) is 9.90 Å². The highest BCUT2D eigenvalue weighted by Gasteiger charge is 2.29. The molecule has 1 aliphatic heterocycles. The van der Waals surface area contributed by atoms with Crippen LogP contribution in [0.4, 0.5) is 0 Å². The standard InChI is InChI=1S/C17H20ClNO3/c1-19(9-11-3-2-4-15(11)20)17(21)13-7-12-8-14(18)5-6-16(12)22-10-13/h5-8,11,15,20H,2-4,9-10H2,1H3. The molecule has 1 fully saturated rings. The van der Waals surface area contributed by atoms with Crippen molar-refractivity contribution in [1.29, 1.82) is 0 Å². The maximum absolute atomic E-state index is 12.6. The summed E-state index contributed by atoms with van der Waals surface area (Å²) in [6, 6.07) is 5.38. The molecule has 1 aliphatic carbocycles. The number of carbonyl (C=O) groups is 1. The van der Waals surface area contributed by atoms with Gasteiger partial charge in [0.1, 0.15) is 12.4 Å². The number of hydrogen-bond donors (Lipinski definition) is 1. The maximum atomic E-state index is 12.6. The Bertz CT molecular complexity index is 614. The Labute approximate surface area is 135 Å². The second-order valence-corrected chi connectivity index (χ2v) is 6.52. The van der Waals surface area contributed by atoms with Crippen LogP contribution < -0.4 is 4.74 Å². The smallest absolute Gasteiger partial charge is 0.253 e. The highest BCUT2D eigenvalue weighted by Crippen LogP contribution is 2.30. The molecule has 2 atom stereocenters. The van der Waals surface area contributed by atoms with E-state index in [1.54, 1.807) is 24.1 Å². The van der Waals surface area contributed by atoms with Gasteiger partial charge in [-0.3, -0.25) is 4.79 Å². The monoisotopic (exact) mass is 321 g/mol. The first-order chi connectivity index (χ1) is 10.5. The van der Waals surface area contributed by atoms with E-state index in [-0.39, 0.29) is 24.5 Å². The minimum Gasteiger partial charge on any atom is -0.488 e. The van der Waals surface area contributed by atoms with Crippen molar-refractivity contribution in [3.05, 3.63) is 34.4 Å². The first kappa shape index (κ1) is 15.4. The molecule has 2 aliphatic rings. The summed E-state index contributed by atoms with van der Waals surface area (Å²) in [5.41, 5.74) is 1.45.